The smallest absolute Gasteiger partial charge is 0.326 e. The molecule has 1 aliphatic heterocycles. The van der Waals surface area contributed by atoms with E-state index in [2.05, 4.69) is 10.3 Å². The molecule has 4 rings (SSSR count). The van der Waals surface area contributed by atoms with Gasteiger partial charge in [0.15, 0.2) is 0 Å². The lowest BCUT2D eigenvalue weighted by molar-refractivity contribution is -0.164. The molecule has 0 aliphatic carbocycles. The van der Waals surface area contributed by atoms with E-state index in [4.69, 9.17) is 14.2 Å². The van der Waals surface area contributed by atoms with Crippen molar-refractivity contribution in [2.45, 2.75) is 51.3 Å². The molecule has 2 aromatic carbocycles. The predicted octanol–water partition coefficient (Wildman–Crippen LogP) is 3.04. The number of benzene rings is 2. The molecule has 1 fully saturated rings. The van der Waals surface area contributed by atoms with Gasteiger partial charge in [-0.25, -0.2) is 0 Å². The fourth-order valence-corrected chi connectivity index (χ4v) is 5.23. The van der Waals surface area contributed by atoms with Crippen LogP contribution in [0.3, 0.4) is 0 Å². The van der Waals surface area contributed by atoms with Gasteiger partial charge in [0.25, 0.3) is 5.91 Å². The summed E-state index contributed by atoms with van der Waals surface area (Å²) in [6.45, 7) is 4.87. The third kappa shape index (κ3) is 9.38. The summed E-state index contributed by atoms with van der Waals surface area (Å²) in [5.74, 6) is -2.33. The van der Waals surface area contributed by atoms with Gasteiger partial charge >= 0.3 is 11.9 Å². The van der Waals surface area contributed by atoms with Gasteiger partial charge in [-0.15, -0.1) is 0 Å². The maximum absolute atomic E-state index is 14.2. The highest BCUT2D eigenvalue weighted by Crippen LogP contribution is 2.22. The Morgan fingerprint density at radius 2 is 1.53 bits per heavy atom. The monoisotopic (exact) mass is 644 g/mol. The van der Waals surface area contributed by atoms with Gasteiger partial charge in [-0.2, -0.15) is 0 Å². The Bertz CT molecular complexity index is 1570. The molecule has 0 bridgehead atoms. The van der Waals surface area contributed by atoms with Crippen molar-refractivity contribution in [3.8, 4) is 16.9 Å². The minimum absolute atomic E-state index is 0.0185. The fraction of sp³-hybridized carbons (Fsp3) is 0.371. The van der Waals surface area contributed by atoms with Crippen LogP contribution in [0.1, 0.15) is 43.1 Å². The summed E-state index contributed by atoms with van der Waals surface area (Å²) >= 11 is 0. The number of methoxy groups -OCH3 is 2. The summed E-state index contributed by atoms with van der Waals surface area (Å²) in [4.78, 5) is 73.0. The normalized spacial score (nSPS) is 15.4. The molecule has 2 heterocycles. The lowest BCUT2D eigenvalue weighted by Crippen LogP contribution is -2.63. The Kier molecular flexibility index (Phi) is 11.3. The van der Waals surface area contributed by atoms with Gasteiger partial charge in [-0.3, -0.25) is 29.0 Å². The summed E-state index contributed by atoms with van der Waals surface area (Å²) in [6.07, 6.45) is 3.04. The molecule has 3 aromatic rings. The van der Waals surface area contributed by atoms with Gasteiger partial charge in [0.05, 0.1) is 20.6 Å². The van der Waals surface area contributed by atoms with Crippen LogP contribution < -0.4 is 10.1 Å². The largest absolute Gasteiger partial charge is 0.497 e. The number of pyridine rings is 1. The molecule has 12 heteroatoms. The molecule has 0 saturated carbocycles. The molecule has 12 nitrogen and oxygen atoms in total. The van der Waals surface area contributed by atoms with E-state index in [1.807, 2.05) is 12.1 Å². The van der Waals surface area contributed by atoms with Gasteiger partial charge in [0, 0.05) is 37.5 Å². The Morgan fingerprint density at radius 1 is 0.894 bits per heavy atom. The molecule has 1 N–H and O–H groups in total. The SMILES string of the molecule is COC(=O)C[C@H]1C(=O)N(CC(=O)OC(C)(C)C)CCN1C(=O)[C@H](Cc1ccc(OC)cc1)NC(=O)c1ccc(-c2ccncc2)cc1. The van der Waals surface area contributed by atoms with Gasteiger partial charge in [-0.1, -0.05) is 24.3 Å². The average Bonchev–Trinajstić information content (AvgIpc) is 3.05. The second kappa shape index (κ2) is 15.4. The number of rotatable bonds is 11. The Morgan fingerprint density at radius 3 is 2.13 bits per heavy atom. The van der Waals surface area contributed by atoms with Crippen LogP contribution >= 0.6 is 0 Å². The summed E-state index contributed by atoms with van der Waals surface area (Å²) in [5.41, 5.74) is 2.14. The highest BCUT2D eigenvalue weighted by Gasteiger charge is 2.42. The maximum atomic E-state index is 14.2. The third-order valence-electron chi connectivity index (χ3n) is 7.56. The summed E-state index contributed by atoms with van der Waals surface area (Å²) in [7, 11) is 2.73. The van der Waals surface area contributed by atoms with E-state index in [1.165, 1.54) is 16.9 Å². The van der Waals surface area contributed by atoms with Crippen molar-refractivity contribution in [1.29, 1.82) is 0 Å². The second-order valence-corrected chi connectivity index (χ2v) is 12.1. The zero-order valence-corrected chi connectivity index (χ0v) is 27.2. The molecule has 0 radical (unpaired) electrons. The lowest BCUT2D eigenvalue weighted by atomic mass is 10.00. The quantitative estimate of drug-likeness (QED) is 0.312. The van der Waals surface area contributed by atoms with E-state index in [9.17, 15) is 24.0 Å². The van der Waals surface area contributed by atoms with Crippen molar-refractivity contribution in [3.63, 3.8) is 0 Å². The van der Waals surface area contributed by atoms with Crippen LogP contribution in [0.2, 0.25) is 0 Å². The van der Waals surface area contributed by atoms with Gasteiger partial charge in [-0.05, 0) is 73.9 Å². The number of ether oxygens (including phenoxy) is 3. The molecule has 248 valence electrons. The van der Waals surface area contributed by atoms with Gasteiger partial charge in [0.1, 0.15) is 30.0 Å². The second-order valence-electron chi connectivity index (χ2n) is 12.1. The Balaban J connectivity index is 1.59. The van der Waals surface area contributed by atoms with Crippen molar-refractivity contribution >= 4 is 29.7 Å². The Labute approximate surface area is 274 Å². The number of hydrogen-bond donors (Lipinski definition) is 1. The molecule has 2 atom stereocenters. The van der Waals surface area contributed by atoms with Crippen LogP contribution in [0, 0.1) is 0 Å². The molecule has 0 unspecified atom stereocenters. The van der Waals surface area contributed by atoms with E-state index in [0.717, 1.165) is 16.7 Å². The van der Waals surface area contributed by atoms with E-state index in [1.54, 1.807) is 88.8 Å². The highest BCUT2D eigenvalue weighted by molar-refractivity contribution is 6.00. The van der Waals surface area contributed by atoms with Gasteiger partial charge in [0.2, 0.25) is 11.8 Å². The summed E-state index contributed by atoms with van der Waals surface area (Å²) in [6, 6.07) is 15.4. The number of carbonyl (C=O) groups is 5. The summed E-state index contributed by atoms with van der Waals surface area (Å²) in [5, 5.41) is 2.85. The summed E-state index contributed by atoms with van der Waals surface area (Å²) < 4.78 is 15.5. The number of esters is 2. The van der Waals surface area contributed by atoms with Crippen LogP contribution in [0.4, 0.5) is 0 Å². The van der Waals surface area contributed by atoms with Crippen molar-refractivity contribution in [3.05, 3.63) is 84.2 Å². The van der Waals surface area contributed by atoms with E-state index >= 15 is 0 Å². The standard InChI is InChI=1S/C35H40N4O8/c1-35(2,3)47-31(41)22-38-18-19-39(29(34(38)44)21-30(40)46-5)33(43)28(20-23-6-12-27(45-4)13-7-23)37-32(42)26-10-8-24(9-11-26)25-14-16-36-17-15-25/h6-17,28-29H,18-22H2,1-5H3,(H,37,42)/t28-,29-/m0/s1. The van der Waals surface area contributed by atoms with Gasteiger partial charge < -0.3 is 29.3 Å². The number of carbonyl (C=O) groups excluding carboxylic acids is 5. The minimum Gasteiger partial charge on any atom is -0.497 e. The van der Waals surface area contributed by atoms with Crippen LogP contribution in [-0.4, -0.2) is 96.0 Å². The molecule has 0 spiro atoms. The molecule has 47 heavy (non-hydrogen) atoms. The average molecular weight is 645 g/mol. The van der Waals surface area contributed by atoms with Crippen molar-refractivity contribution < 1.29 is 38.2 Å². The minimum atomic E-state index is -1.25. The number of amides is 3. The molecule has 1 saturated heterocycles. The number of piperazine rings is 1. The number of nitrogens with one attached hydrogen (secondary N) is 1. The van der Waals surface area contributed by atoms with Crippen molar-refractivity contribution in [2.75, 3.05) is 33.9 Å². The van der Waals surface area contributed by atoms with Crippen LogP contribution in [0.15, 0.2) is 73.1 Å². The van der Waals surface area contributed by atoms with Crippen molar-refractivity contribution in [1.82, 2.24) is 20.1 Å². The molecule has 1 aromatic heterocycles. The first-order valence-electron chi connectivity index (χ1n) is 15.2. The molecular formula is C35H40N4O8. The first kappa shape index (κ1) is 34.6. The first-order chi connectivity index (χ1) is 22.4. The topological polar surface area (TPSA) is 144 Å². The van der Waals surface area contributed by atoms with Crippen LogP contribution in [-0.2, 0) is 35.1 Å². The van der Waals surface area contributed by atoms with Crippen LogP contribution in [0.25, 0.3) is 11.1 Å². The van der Waals surface area contributed by atoms with E-state index in [-0.39, 0.29) is 26.1 Å². The molecular weight excluding hydrogens is 604 g/mol. The maximum Gasteiger partial charge on any atom is 0.326 e. The zero-order chi connectivity index (χ0) is 34.1. The van der Waals surface area contributed by atoms with E-state index < -0.39 is 53.8 Å². The predicted molar refractivity (Wildman–Crippen MR) is 172 cm³/mol. The lowest BCUT2D eigenvalue weighted by Gasteiger charge is -2.41. The third-order valence-corrected chi connectivity index (χ3v) is 7.56. The Hall–Kier alpha value is -5.26. The van der Waals surface area contributed by atoms with Crippen molar-refractivity contribution in [2.24, 2.45) is 0 Å². The number of aromatic nitrogens is 1. The zero-order valence-electron chi connectivity index (χ0n) is 27.2. The molecule has 1 aliphatic rings. The van der Waals surface area contributed by atoms with E-state index in [0.29, 0.717) is 11.3 Å². The molecule has 3 amide bonds. The first-order valence-corrected chi connectivity index (χ1v) is 15.2. The number of nitrogens with zero attached hydrogens (tertiary/aromatic N) is 3. The number of hydrogen-bond acceptors (Lipinski definition) is 9. The highest BCUT2D eigenvalue weighted by atomic mass is 16.6. The fourth-order valence-electron chi connectivity index (χ4n) is 5.23. The van der Waals surface area contributed by atoms with Crippen LogP contribution in [0.5, 0.6) is 5.75 Å².